The number of fused-ring (bicyclic) bond motifs is 1. The number of aliphatic carboxylic acids is 1. The quantitative estimate of drug-likeness (QED) is 0.203. The van der Waals surface area contributed by atoms with Gasteiger partial charge in [-0.15, -0.1) is 0 Å². The number of amidine groups is 1. The number of hydrogen-bond acceptors (Lipinski definition) is 8. The van der Waals surface area contributed by atoms with Gasteiger partial charge in [-0.1, -0.05) is 20.8 Å². The van der Waals surface area contributed by atoms with Crippen LogP contribution in [0.25, 0.3) is 0 Å². The normalized spacial score (nSPS) is 16.1. The Balaban J connectivity index is 1.66. The second-order valence-electron chi connectivity index (χ2n) is 12.4. The van der Waals surface area contributed by atoms with Gasteiger partial charge in [0.1, 0.15) is 17.3 Å². The zero-order chi connectivity index (χ0) is 32.9. The summed E-state index contributed by atoms with van der Waals surface area (Å²) >= 11 is 0. The summed E-state index contributed by atoms with van der Waals surface area (Å²) < 4.78 is 17.9. The number of rotatable bonds is 14. The van der Waals surface area contributed by atoms with Gasteiger partial charge in [-0.05, 0) is 61.9 Å². The first kappa shape index (κ1) is 33.8. The molecule has 1 fully saturated rings. The second-order valence-corrected chi connectivity index (χ2v) is 12.4. The van der Waals surface area contributed by atoms with Crippen LogP contribution in [0.5, 0.6) is 11.5 Å². The van der Waals surface area contributed by atoms with Crippen molar-refractivity contribution in [2.24, 2.45) is 0 Å². The van der Waals surface area contributed by atoms with Crippen LogP contribution >= 0.6 is 0 Å². The first-order chi connectivity index (χ1) is 21.4. The molecular formula is C34H46N4O7. The van der Waals surface area contributed by atoms with Crippen molar-refractivity contribution in [3.63, 3.8) is 0 Å². The van der Waals surface area contributed by atoms with Gasteiger partial charge in [0.05, 0.1) is 37.1 Å². The summed E-state index contributed by atoms with van der Waals surface area (Å²) in [4.78, 5) is 41.5. The van der Waals surface area contributed by atoms with Gasteiger partial charge in [0.25, 0.3) is 5.91 Å². The molecule has 244 valence electrons. The fourth-order valence-corrected chi connectivity index (χ4v) is 5.85. The fraction of sp³-hybridized carbons (Fsp3) is 0.529. The molecule has 0 spiro atoms. The molecule has 0 bridgehead atoms. The zero-order valence-corrected chi connectivity index (χ0v) is 27.2. The molecule has 0 aliphatic carbocycles. The summed E-state index contributed by atoms with van der Waals surface area (Å²) in [5.41, 5.74) is 3.56. The molecule has 2 aromatic rings. The van der Waals surface area contributed by atoms with Gasteiger partial charge in [-0.2, -0.15) is 0 Å². The van der Waals surface area contributed by atoms with Gasteiger partial charge >= 0.3 is 5.97 Å². The van der Waals surface area contributed by atoms with E-state index in [2.05, 4.69) is 31.0 Å². The molecule has 2 aliphatic rings. The van der Waals surface area contributed by atoms with Crippen LogP contribution in [0.15, 0.2) is 24.3 Å². The van der Waals surface area contributed by atoms with Crippen molar-refractivity contribution in [2.75, 3.05) is 51.4 Å². The van der Waals surface area contributed by atoms with Crippen molar-refractivity contribution in [3.8, 4) is 11.5 Å². The number of carbonyl (C=O) groups is 3. The molecule has 2 aromatic carbocycles. The predicted molar refractivity (Wildman–Crippen MR) is 172 cm³/mol. The van der Waals surface area contributed by atoms with E-state index in [1.165, 1.54) is 0 Å². The summed E-state index contributed by atoms with van der Waals surface area (Å²) in [6.45, 7) is 13.0. The highest BCUT2D eigenvalue weighted by atomic mass is 16.5. The average molecular weight is 623 g/mol. The van der Waals surface area contributed by atoms with E-state index in [-0.39, 0.29) is 48.6 Å². The van der Waals surface area contributed by atoms with E-state index < -0.39 is 5.97 Å². The molecule has 0 saturated carbocycles. The van der Waals surface area contributed by atoms with Crippen LogP contribution in [0, 0.1) is 5.41 Å². The number of anilines is 1. The van der Waals surface area contributed by atoms with E-state index in [1.807, 2.05) is 26.0 Å². The second kappa shape index (κ2) is 14.3. The Hall–Kier alpha value is -4.12. The summed E-state index contributed by atoms with van der Waals surface area (Å²) in [7, 11) is 1.55. The summed E-state index contributed by atoms with van der Waals surface area (Å²) in [6.07, 6.45) is 1.29. The molecular weight excluding hydrogens is 576 g/mol. The van der Waals surface area contributed by atoms with Gasteiger partial charge in [0.15, 0.2) is 5.78 Å². The molecule has 4 rings (SSSR count). The number of hydrogen-bond donors (Lipinski definition) is 3. The van der Waals surface area contributed by atoms with E-state index in [0.29, 0.717) is 60.9 Å². The van der Waals surface area contributed by atoms with Crippen molar-refractivity contribution >= 4 is 29.2 Å². The van der Waals surface area contributed by atoms with Crippen molar-refractivity contribution in [2.45, 2.75) is 71.9 Å². The minimum absolute atomic E-state index is 0.00768. The molecule has 1 atom stereocenters. The van der Waals surface area contributed by atoms with Gasteiger partial charge in [0, 0.05) is 56.4 Å². The molecule has 45 heavy (non-hydrogen) atoms. The van der Waals surface area contributed by atoms with E-state index in [9.17, 15) is 14.4 Å². The number of ether oxygens (including phenoxy) is 3. The van der Waals surface area contributed by atoms with Crippen molar-refractivity contribution < 1.29 is 33.7 Å². The lowest BCUT2D eigenvalue weighted by Crippen LogP contribution is -2.31. The molecule has 11 nitrogen and oxygen atoms in total. The molecule has 0 aromatic heterocycles. The van der Waals surface area contributed by atoms with Crippen LogP contribution < -0.4 is 19.7 Å². The monoisotopic (exact) mass is 622 g/mol. The third-order valence-corrected chi connectivity index (χ3v) is 8.11. The molecule has 1 saturated heterocycles. The Labute approximate surface area is 265 Å². The van der Waals surface area contributed by atoms with E-state index in [0.717, 1.165) is 29.8 Å². The van der Waals surface area contributed by atoms with E-state index >= 15 is 0 Å². The summed E-state index contributed by atoms with van der Waals surface area (Å²) in [5, 5.41) is 20.6. The number of Topliss-reactive ketones (excluding diaryl/α,β-unsaturated/α-hetero) is 1. The van der Waals surface area contributed by atoms with Crippen LogP contribution in [0.1, 0.15) is 91.3 Å². The minimum Gasteiger partial charge on any atom is -0.493 e. The van der Waals surface area contributed by atoms with Gasteiger partial charge in [-0.25, -0.2) is 0 Å². The van der Waals surface area contributed by atoms with Crippen LogP contribution in [0.3, 0.4) is 0 Å². The summed E-state index contributed by atoms with van der Waals surface area (Å²) in [5.74, 6) is -0.0266. The Bertz CT molecular complexity index is 1450. The lowest BCUT2D eigenvalue weighted by molar-refractivity contribution is -0.137. The number of nitrogens with zero attached hydrogens (tertiary/aromatic N) is 2. The maximum atomic E-state index is 14.0. The predicted octanol–water partition coefficient (Wildman–Crippen LogP) is 4.63. The number of benzene rings is 2. The van der Waals surface area contributed by atoms with Crippen LogP contribution in [0.4, 0.5) is 5.69 Å². The van der Waals surface area contributed by atoms with Crippen LogP contribution in [0.2, 0.25) is 0 Å². The number of nitrogens with one attached hydrogen (secondary N) is 2. The summed E-state index contributed by atoms with van der Waals surface area (Å²) in [6, 6.07) is 7.19. The number of carboxylic acid groups (broad SMARTS) is 1. The lowest BCUT2D eigenvalue weighted by Gasteiger charge is -2.30. The third kappa shape index (κ3) is 7.76. The van der Waals surface area contributed by atoms with Crippen molar-refractivity contribution in [1.82, 2.24) is 10.2 Å². The molecule has 11 heteroatoms. The first-order valence-electron chi connectivity index (χ1n) is 15.7. The Kier molecular flexibility index (Phi) is 10.7. The zero-order valence-electron chi connectivity index (χ0n) is 27.2. The number of amides is 1. The fourth-order valence-electron chi connectivity index (χ4n) is 5.85. The van der Waals surface area contributed by atoms with Crippen molar-refractivity contribution in [3.05, 3.63) is 52.1 Å². The lowest BCUT2D eigenvalue weighted by atomic mass is 9.84. The molecule has 2 aliphatic heterocycles. The highest BCUT2D eigenvalue weighted by molar-refractivity contribution is 6.08. The number of carboxylic acids is 1. The Morgan fingerprint density at radius 2 is 1.84 bits per heavy atom. The standard InChI is InChI=1S/C34H46N4O7/c1-7-43-23-11-12-37(19-23)27-15-21(14-26(34(3,4)5)31(27)45-13-9-10-30(40)41)28(39)20-38-18-22-16-29(44-8-2)25(33(42)36-6)17-24(22)32(38)35/h14-17,23,35H,7-13,18-20H2,1-6H3,(H,36,42)(H,40,41). The molecule has 3 N–H and O–H groups in total. The molecule has 1 amide bonds. The topological polar surface area (TPSA) is 141 Å². The molecule has 2 heterocycles. The SMILES string of the molecule is CCOc1cc2c(cc1C(=O)NC)C(=N)N(CC(=O)c1cc(N3CCC(OCC)C3)c(OCCCC(=O)O)c(C(C)(C)C)c1)C2. The highest BCUT2D eigenvalue weighted by Crippen LogP contribution is 2.42. The first-order valence-corrected chi connectivity index (χ1v) is 15.7. The van der Waals surface area contributed by atoms with E-state index in [4.69, 9.17) is 24.7 Å². The van der Waals surface area contributed by atoms with Gasteiger partial charge in [-0.3, -0.25) is 19.8 Å². The molecule has 1 unspecified atom stereocenters. The highest BCUT2D eigenvalue weighted by Gasteiger charge is 2.33. The Morgan fingerprint density at radius 3 is 2.49 bits per heavy atom. The maximum Gasteiger partial charge on any atom is 0.303 e. The number of carbonyl (C=O) groups excluding carboxylic acids is 2. The average Bonchev–Trinajstić information content (AvgIpc) is 3.57. The minimum atomic E-state index is -0.872. The van der Waals surface area contributed by atoms with E-state index in [1.54, 1.807) is 24.1 Å². The molecule has 0 radical (unpaired) electrons. The smallest absolute Gasteiger partial charge is 0.303 e. The van der Waals surface area contributed by atoms with Crippen LogP contribution in [-0.4, -0.2) is 86.1 Å². The van der Waals surface area contributed by atoms with Crippen molar-refractivity contribution in [1.29, 1.82) is 5.41 Å². The van der Waals surface area contributed by atoms with Gasteiger partial charge < -0.3 is 34.4 Å². The largest absolute Gasteiger partial charge is 0.493 e. The number of ketones is 1. The van der Waals surface area contributed by atoms with Crippen LogP contribution in [-0.2, 0) is 21.5 Å². The third-order valence-electron chi connectivity index (χ3n) is 8.11. The van der Waals surface area contributed by atoms with Gasteiger partial charge in [0.2, 0.25) is 0 Å². The maximum absolute atomic E-state index is 14.0. The Morgan fingerprint density at radius 1 is 1.09 bits per heavy atom.